The fraction of sp³-hybridized carbons (Fsp3) is 0.538. The number of hydrogen-bond donors (Lipinski definition) is 1. The van der Waals surface area contributed by atoms with Gasteiger partial charge in [0.1, 0.15) is 5.82 Å². The van der Waals surface area contributed by atoms with Gasteiger partial charge < -0.3 is 10.2 Å². The Kier molecular flexibility index (Phi) is 4.37. The highest BCUT2D eigenvalue weighted by Crippen LogP contribution is 2.20. The van der Waals surface area contributed by atoms with E-state index in [-0.39, 0.29) is 5.82 Å². The van der Waals surface area contributed by atoms with Crippen LogP contribution in [0.5, 0.6) is 0 Å². The lowest BCUT2D eigenvalue weighted by Gasteiger charge is -2.27. The van der Waals surface area contributed by atoms with E-state index in [1.807, 2.05) is 6.92 Å². The van der Waals surface area contributed by atoms with Gasteiger partial charge >= 0.3 is 0 Å². The third kappa shape index (κ3) is 3.41. The number of aryl methyl sites for hydroxylation is 1. The van der Waals surface area contributed by atoms with Crippen molar-refractivity contribution in [3.8, 4) is 0 Å². The maximum atomic E-state index is 13.7. The molecule has 1 fully saturated rings. The highest BCUT2D eigenvalue weighted by Gasteiger charge is 2.11. The summed E-state index contributed by atoms with van der Waals surface area (Å²) in [7, 11) is 0. The van der Waals surface area contributed by atoms with Gasteiger partial charge in [-0.15, -0.1) is 0 Å². The van der Waals surface area contributed by atoms with Crippen LogP contribution in [0.3, 0.4) is 0 Å². The normalized spacial score (nSPS) is 17.4. The summed E-state index contributed by atoms with van der Waals surface area (Å²) in [5, 5.41) is 3.96. The number of piperazine rings is 1. The third-order valence-corrected chi connectivity index (χ3v) is 3.64. The first-order chi connectivity index (χ1) is 8.16. The molecule has 0 aliphatic carbocycles. The van der Waals surface area contributed by atoms with Crippen LogP contribution in [-0.4, -0.2) is 37.6 Å². The molecule has 0 bridgehead atoms. The first-order valence-corrected chi connectivity index (χ1v) is 6.42. The summed E-state index contributed by atoms with van der Waals surface area (Å²) in [6, 6.07) is 3.28. The number of hydrogen-bond acceptors (Lipinski definition) is 2. The quantitative estimate of drug-likeness (QED) is 0.892. The van der Waals surface area contributed by atoms with Crippen LogP contribution in [0.1, 0.15) is 11.1 Å². The molecular formula is C13H18ClFN2. The average Bonchev–Trinajstić information content (AvgIpc) is 2.33. The Morgan fingerprint density at radius 1 is 1.35 bits per heavy atom. The second-order valence-electron chi connectivity index (χ2n) is 4.53. The van der Waals surface area contributed by atoms with Crippen molar-refractivity contribution in [2.75, 3.05) is 32.7 Å². The molecule has 4 heteroatoms. The minimum atomic E-state index is -0.137. The fourth-order valence-corrected chi connectivity index (χ4v) is 2.28. The van der Waals surface area contributed by atoms with E-state index >= 15 is 0 Å². The number of nitrogens with zero attached hydrogens (tertiary/aromatic N) is 1. The van der Waals surface area contributed by atoms with Crippen molar-refractivity contribution in [2.45, 2.75) is 13.3 Å². The Hall–Kier alpha value is -0.640. The highest BCUT2D eigenvalue weighted by atomic mass is 35.5. The Morgan fingerprint density at radius 3 is 2.76 bits per heavy atom. The van der Waals surface area contributed by atoms with Crippen molar-refractivity contribution in [2.24, 2.45) is 0 Å². The average molecular weight is 257 g/mol. The molecule has 0 atom stereocenters. The summed E-state index contributed by atoms with van der Waals surface area (Å²) < 4.78 is 13.7. The number of benzene rings is 1. The Bertz CT molecular complexity index is 389. The molecule has 17 heavy (non-hydrogen) atoms. The van der Waals surface area contributed by atoms with Crippen LogP contribution in [0.2, 0.25) is 5.02 Å². The summed E-state index contributed by atoms with van der Waals surface area (Å²) in [6.45, 7) is 6.86. The molecule has 1 aliphatic heterocycles. The Labute approximate surface area is 107 Å². The molecule has 1 aromatic carbocycles. The summed E-state index contributed by atoms with van der Waals surface area (Å²) >= 11 is 6.02. The van der Waals surface area contributed by atoms with Gasteiger partial charge in [-0.1, -0.05) is 11.6 Å². The Balaban J connectivity index is 1.96. The van der Waals surface area contributed by atoms with Crippen LogP contribution >= 0.6 is 11.6 Å². The largest absolute Gasteiger partial charge is 0.314 e. The van der Waals surface area contributed by atoms with E-state index in [1.165, 1.54) is 6.07 Å². The molecule has 2 rings (SSSR count). The molecule has 1 aliphatic rings. The smallest absolute Gasteiger partial charge is 0.126 e. The van der Waals surface area contributed by atoms with Crippen molar-refractivity contribution >= 4 is 11.6 Å². The molecule has 0 spiro atoms. The van der Waals surface area contributed by atoms with Crippen LogP contribution < -0.4 is 5.32 Å². The SMILES string of the molecule is Cc1cc(F)c(CCN2CCNCC2)cc1Cl. The van der Waals surface area contributed by atoms with E-state index in [1.54, 1.807) is 6.07 Å². The summed E-state index contributed by atoms with van der Waals surface area (Å²) in [6.07, 6.45) is 0.728. The van der Waals surface area contributed by atoms with Gasteiger partial charge in [-0.05, 0) is 36.6 Å². The van der Waals surface area contributed by atoms with Gasteiger partial charge in [-0.25, -0.2) is 4.39 Å². The predicted molar refractivity (Wildman–Crippen MR) is 69.2 cm³/mol. The van der Waals surface area contributed by atoms with Crippen molar-refractivity contribution in [1.29, 1.82) is 0 Å². The van der Waals surface area contributed by atoms with Gasteiger partial charge in [-0.2, -0.15) is 0 Å². The lowest BCUT2D eigenvalue weighted by molar-refractivity contribution is 0.243. The van der Waals surface area contributed by atoms with E-state index in [0.29, 0.717) is 5.02 Å². The van der Waals surface area contributed by atoms with E-state index in [0.717, 1.165) is 50.3 Å². The van der Waals surface area contributed by atoms with Crippen molar-refractivity contribution in [3.63, 3.8) is 0 Å². The van der Waals surface area contributed by atoms with E-state index in [4.69, 9.17) is 11.6 Å². The van der Waals surface area contributed by atoms with E-state index in [9.17, 15) is 4.39 Å². The molecule has 1 aromatic rings. The zero-order chi connectivity index (χ0) is 12.3. The molecule has 0 saturated carbocycles. The van der Waals surface area contributed by atoms with Gasteiger partial charge in [0.15, 0.2) is 0 Å². The zero-order valence-electron chi connectivity index (χ0n) is 10.1. The monoisotopic (exact) mass is 256 g/mol. The van der Waals surface area contributed by atoms with Gasteiger partial charge in [-0.3, -0.25) is 0 Å². The first-order valence-electron chi connectivity index (χ1n) is 6.04. The molecule has 0 unspecified atom stereocenters. The molecule has 94 valence electrons. The maximum absolute atomic E-state index is 13.7. The minimum absolute atomic E-state index is 0.137. The fourth-order valence-electron chi connectivity index (χ4n) is 2.09. The van der Waals surface area contributed by atoms with Crippen LogP contribution in [0.15, 0.2) is 12.1 Å². The summed E-state index contributed by atoms with van der Waals surface area (Å²) in [5.74, 6) is -0.137. The molecule has 2 nitrogen and oxygen atoms in total. The van der Waals surface area contributed by atoms with Gasteiger partial charge in [0.05, 0.1) is 0 Å². The molecule has 0 radical (unpaired) electrons. The molecule has 1 heterocycles. The third-order valence-electron chi connectivity index (χ3n) is 3.23. The van der Waals surface area contributed by atoms with Gasteiger partial charge in [0.2, 0.25) is 0 Å². The number of halogens is 2. The predicted octanol–water partition coefficient (Wildman–Crippen LogP) is 2.24. The van der Waals surface area contributed by atoms with E-state index in [2.05, 4.69) is 10.2 Å². The standard InChI is InChI=1S/C13H18ClFN2/c1-10-8-13(15)11(9-12(10)14)2-5-17-6-3-16-4-7-17/h8-9,16H,2-7H2,1H3. The first kappa shape index (κ1) is 12.8. The maximum Gasteiger partial charge on any atom is 0.126 e. The van der Waals surface area contributed by atoms with Crippen molar-refractivity contribution < 1.29 is 4.39 Å². The molecule has 0 aromatic heterocycles. The number of nitrogens with one attached hydrogen (secondary N) is 1. The number of rotatable bonds is 3. The second-order valence-corrected chi connectivity index (χ2v) is 4.94. The van der Waals surface area contributed by atoms with Crippen LogP contribution in [0.4, 0.5) is 4.39 Å². The van der Waals surface area contributed by atoms with Crippen LogP contribution in [0.25, 0.3) is 0 Å². The lowest BCUT2D eigenvalue weighted by atomic mass is 10.1. The van der Waals surface area contributed by atoms with E-state index < -0.39 is 0 Å². The van der Waals surface area contributed by atoms with Crippen LogP contribution in [0, 0.1) is 12.7 Å². The minimum Gasteiger partial charge on any atom is -0.314 e. The summed E-state index contributed by atoms with van der Waals surface area (Å²) in [5.41, 5.74) is 1.52. The molecule has 0 amide bonds. The van der Waals surface area contributed by atoms with Crippen molar-refractivity contribution in [1.82, 2.24) is 10.2 Å². The highest BCUT2D eigenvalue weighted by molar-refractivity contribution is 6.31. The zero-order valence-corrected chi connectivity index (χ0v) is 10.9. The summed E-state index contributed by atoms with van der Waals surface area (Å²) in [4.78, 5) is 2.35. The van der Waals surface area contributed by atoms with Gasteiger partial charge in [0.25, 0.3) is 0 Å². The molecule has 1 saturated heterocycles. The molecule has 1 N–H and O–H groups in total. The van der Waals surface area contributed by atoms with Gasteiger partial charge in [0, 0.05) is 37.7 Å². The van der Waals surface area contributed by atoms with Crippen molar-refractivity contribution in [3.05, 3.63) is 34.1 Å². The Morgan fingerprint density at radius 2 is 2.06 bits per heavy atom. The molecular weight excluding hydrogens is 239 g/mol. The second kappa shape index (κ2) is 5.80. The topological polar surface area (TPSA) is 15.3 Å². The lowest BCUT2D eigenvalue weighted by Crippen LogP contribution is -2.44. The van der Waals surface area contributed by atoms with Crippen LogP contribution in [-0.2, 0) is 6.42 Å².